The fraction of sp³-hybridized carbons (Fsp3) is 0.379. The average molecular weight is 492 g/mol. The largest absolute Gasteiger partial charge is 0.508 e. The minimum atomic E-state index is -0.619. The maximum atomic E-state index is 13.7. The molecule has 0 fully saturated rings. The number of aromatic hydroxyl groups is 1. The molecule has 36 heavy (non-hydrogen) atoms. The van der Waals surface area contributed by atoms with Crippen molar-refractivity contribution in [2.75, 3.05) is 27.4 Å². The molecular formula is C29H33NO6. The summed E-state index contributed by atoms with van der Waals surface area (Å²) < 4.78 is 16.2. The molecule has 0 bridgehead atoms. The highest BCUT2D eigenvalue weighted by molar-refractivity contribution is 6.04. The van der Waals surface area contributed by atoms with Crippen molar-refractivity contribution >= 4 is 11.8 Å². The smallest absolute Gasteiger partial charge is 0.336 e. The maximum Gasteiger partial charge on any atom is 0.336 e. The Kier molecular flexibility index (Phi) is 8.10. The van der Waals surface area contributed by atoms with Crippen molar-refractivity contribution in [1.29, 1.82) is 0 Å². The first-order valence-corrected chi connectivity index (χ1v) is 12.3. The van der Waals surface area contributed by atoms with Crippen LogP contribution in [-0.2, 0) is 19.1 Å². The Morgan fingerprint density at radius 1 is 1.06 bits per heavy atom. The van der Waals surface area contributed by atoms with Crippen molar-refractivity contribution in [3.05, 3.63) is 82.2 Å². The Bertz CT molecular complexity index is 1200. The molecular weight excluding hydrogens is 458 g/mol. The number of ketones is 1. The summed E-state index contributed by atoms with van der Waals surface area (Å²) in [5, 5.41) is 13.6. The van der Waals surface area contributed by atoms with Crippen LogP contribution < -0.4 is 10.1 Å². The minimum absolute atomic E-state index is 0.0362. The molecule has 7 heteroatoms. The van der Waals surface area contributed by atoms with Gasteiger partial charge in [0.25, 0.3) is 0 Å². The normalized spacial score (nSPS) is 19.6. The number of benzene rings is 2. The third kappa shape index (κ3) is 5.31. The lowest BCUT2D eigenvalue weighted by molar-refractivity contribution is -0.139. The summed E-state index contributed by atoms with van der Waals surface area (Å²) in [7, 11) is 3.27. The standard InChI is InChI=1S/C29H33NO6/c1-18-26(29(33)36-14-7-6-13-34-2)27(19-9-8-10-21(31)15-19)28-23(30-18)16-20(17-24(28)32)22-11-4-5-12-25(22)35-3/h4-5,8-12,15,20,27,30-31H,6-7,13-14,16-17H2,1-3H3/t20-,27-/m1/s1. The number of esters is 1. The summed E-state index contributed by atoms with van der Waals surface area (Å²) in [4.78, 5) is 27.0. The molecule has 1 heterocycles. The Morgan fingerprint density at radius 2 is 1.83 bits per heavy atom. The first kappa shape index (κ1) is 25.5. The number of Topliss-reactive ketones (excluding diaryl/α,β-unsaturated/α-hetero) is 1. The molecule has 0 unspecified atom stereocenters. The first-order valence-electron chi connectivity index (χ1n) is 12.3. The molecule has 0 saturated carbocycles. The number of rotatable bonds is 9. The summed E-state index contributed by atoms with van der Waals surface area (Å²) in [5.41, 5.74) is 4.07. The third-order valence-electron chi connectivity index (χ3n) is 6.81. The summed E-state index contributed by atoms with van der Waals surface area (Å²) in [6.07, 6.45) is 2.37. The topological polar surface area (TPSA) is 94.1 Å². The number of carbonyl (C=O) groups is 2. The van der Waals surface area contributed by atoms with Gasteiger partial charge in [0.2, 0.25) is 0 Å². The third-order valence-corrected chi connectivity index (χ3v) is 6.81. The molecule has 2 atom stereocenters. The van der Waals surface area contributed by atoms with Crippen LogP contribution in [0.15, 0.2) is 71.1 Å². The highest BCUT2D eigenvalue weighted by Gasteiger charge is 2.41. The number of hydrogen-bond donors (Lipinski definition) is 2. The number of para-hydroxylation sites is 1. The van der Waals surface area contributed by atoms with E-state index in [1.165, 1.54) is 0 Å². The van der Waals surface area contributed by atoms with E-state index in [1.807, 2.05) is 37.3 Å². The predicted octanol–water partition coefficient (Wildman–Crippen LogP) is 4.73. The summed E-state index contributed by atoms with van der Waals surface area (Å²) in [5.74, 6) is -0.335. The van der Waals surface area contributed by atoms with Crippen LogP contribution in [0.5, 0.6) is 11.5 Å². The second-order valence-electron chi connectivity index (χ2n) is 9.19. The monoisotopic (exact) mass is 491 g/mol. The van der Waals surface area contributed by atoms with Crippen LogP contribution in [0.2, 0.25) is 0 Å². The number of methoxy groups -OCH3 is 2. The van der Waals surface area contributed by atoms with E-state index in [0.717, 1.165) is 23.4 Å². The Hall–Kier alpha value is -3.58. The summed E-state index contributed by atoms with van der Waals surface area (Å²) >= 11 is 0. The molecule has 0 radical (unpaired) electrons. The Morgan fingerprint density at radius 3 is 2.58 bits per heavy atom. The van der Waals surface area contributed by atoms with E-state index in [9.17, 15) is 14.7 Å². The highest BCUT2D eigenvalue weighted by Crippen LogP contribution is 2.47. The zero-order valence-electron chi connectivity index (χ0n) is 21.0. The van der Waals surface area contributed by atoms with E-state index >= 15 is 0 Å². The summed E-state index contributed by atoms with van der Waals surface area (Å²) in [6.45, 7) is 2.70. The molecule has 0 amide bonds. The maximum absolute atomic E-state index is 13.7. The molecule has 190 valence electrons. The van der Waals surface area contributed by atoms with Gasteiger partial charge in [-0.2, -0.15) is 0 Å². The van der Waals surface area contributed by atoms with Crippen molar-refractivity contribution < 1.29 is 28.9 Å². The fourth-order valence-electron chi connectivity index (χ4n) is 5.16. The van der Waals surface area contributed by atoms with Crippen LogP contribution >= 0.6 is 0 Å². The molecule has 2 aromatic rings. The lowest BCUT2D eigenvalue weighted by atomic mass is 9.71. The van der Waals surface area contributed by atoms with E-state index < -0.39 is 11.9 Å². The summed E-state index contributed by atoms with van der Waals surface area (Å²) in [6, 6.07) is 14.5. The fourth-order valence-corrected chi connectivity index (χ4v) is 5.16. The lowest BCUT2D eigenvalue weighted by Crippen LogP contribution is -2.36. The van der Waals surface area contributed by atoms with Gasteiger partial charge in [-0.3, -0.25) is 4.79 Å². The molecule has 1 aliphatic heterocycles. The van der Waals surface area contributed by atoms with Gasteiger partial charge in [-0.25, -0.2) is 4.79 Å². The SMILES string of the molecule is COCCCCOC(=O)C1=C(C)NC2=C(C(=O)C[C@H](c3ccccc3OC)C2)[C@@H]1c1cccc(O)c1. The van der Waals surface area contributed by atoms with Crippen molar-refractivity contribution in [3.8, 4) is 11.5 Å². The van der Waals surface area contributed by atoms with Gasteiger partial charge >= 0.3 is 5.97 Å². The van der Waals surface area contributed by atoms with Gasteiger partial charge in [-0.15, -0.1) is 0 Å². The molecule has 2 aromatic carbocycles. The molecule has 1 aliphatic carbocycles. The number of phenols is 1. The van der Waals surface area contributed by atoms with Crippen LogP contribution in [0, 0.1) is 0 Å². The first-order chi connectivity index (χ1) is 17.4. The number of nitrogens with one attached hydrogen (secondary N) is 1. The van der Waals surface area contributed by atoms with Gasteiger partial charge < -0.3 is 24.6 Å². The van der Waals surface area contributed by atoms with Gasteiger partial charge in [-0.05, 0) is 55.5 Å². The quantitative estimate of drug-likeness (QED) is 0.387. The van der Waals surface area contributed by atoms with Crippen LogP contribution in [0.4, 0.5) is 0 Å². The van der Waals surface area contributed by atoms with Crippen LogP contribution in [0.25, 0.3) is 0 Å². The second-order valence-corrected chi connectivity index (χ2v) is 9.19. The van der Waals surface area contributed by atoms with Gasteiger partial charge in [0.05, 0.1) is 19.3 Å². The van der Waals surface area contributed by atoms with Gasteiger partial charge in [0, 0.05) is 48.9 Å². The molecule has 2 N–H and O–H groups in total. The highest BCUT2D eigenvalue weighted by atomic mass is 16.5. The predicted molar refractivity (Wildman–Crippen MR) is 136 cm³/mol. The number of allylic oxidation sites excluding steroid dienone is 3. The zero-order valence-corrected chi connectivity index (χ0v) is 21.0. The number of phenolic OH excluding ortho intramolecular Hbond substituents is 1. The molecule has 0 spiro atoms. The molecule has 2 aliphatic rings. The van der Waals surface area contributed by atoms with Crippen molar-refractivity contribution in [1.82, 2.24) is 5.32 Å². The van der Waals surface area contributed by atoms with Crippen molar-refractivity contribution in [2.24, 2.45) is 0 Å². The van der Waals surface area contributed by atoms with E-state index in [0.29, 0.717) is 48.3 Å². The van der Waals surface area contributed by atoms with Gasteiger partial charge in [0.1, 0.15) is 11.5 Å². The number of hydrogen-bond acceptors (Lipinski definition) is 7. The molecule has 7 nitrogen and oxygen atoms in total. The van der Waals surface area contributed by atoms with Crippen molar-refractivity contribution in [3.63, 3.8) is 0 Å². The second kappa shape index (κ2) is 11.4. The van der Waals surface area contributed by atoms with E-state index in [4.69, 9.17) is 14.2 Å². The van der Waals surface area contributed by atoms with Gasteiger partial charge in [0.15, 0.2) is 5.78 Å². The average Bonchev–Trinajstić information content (AvgIpc) is 2.87. The van der Waals surface area contributed by atoms with Crippen LogP contribution in [0.3, 0.4) is 0 Å². The minimum Gasteiger partial charge on any atom is -0.508 e. The molecule has 4 rings (SSSR count). The lowest BCUT2D eigenvalue weighted by Gasteiger charge is -2.37. The van der Waals surface area contributed by atoms with E-state index in [1.54, 1.807) is 32.4 Å². The van der Waals surface area contributed by atoms with Crippen molar-refractivity contribution in [2.45, 2.75) is 44.4 Å². The number of dihydropyridines is 1. The number of carbonyl (C=O) groups excluding carboxylic acids is 2. The van der Waals surface area contributed by atoms with E-state index in [2.05, 4.69) is 5.32 Å². The zero-order chi connectivity index (χ0) is 25.7. The van der Waals surface area contributed by atoms with Crippen LogP contribution in [0.1, 0.15) is 55.6 Å². The number of unbranched alkanes of at least 4 members (excludes halogenated alkanes) is 1. The Balaban J connectivity index is 1.69. The number of ether oxygens (including phenoxy) is 3. The van der Waals surface area contributed by atoms with Crippen LogP contribution in [-0.4, -0.2) is 44.3 Å². The van der Waals surface area contributed by atoms with Gasteiger partial charge in [-0.1, -0.05) is 30.3 Å². The Labute approximate surface area is 211 Å². The molecule has 0 aromatic heterocycles. The molecule has 0 saturated heterocycles. The van der Waals surface area contributed by atoms with E-state index in [-0.39, 0.29) is 24.1 Å².